The van der Waals surface area contributed by atoms with Gasteiger partial charge in [0.15, 0.2) is 0 Å². The standard InChI is InChI=1S/C16H17ClO3/c17-10-15(18)16(19)13-6-8-14(9-7-13)20-11-12-4-2-1-3-5-12/h1-9,15-16,18-19H,10-11H2. The van der Waals surface area contributed by atoms with E-state index in [4.69, 9.17) is 16.3 Å². The smallest absolute Gasteiger partial charge is 0.119 e. The molecule has 0 fully saturated rings. The second kappa shape index (κ2) is 7.29. The van der Waals surface area contributed by atoms with Gasteiger partial charge >= 0.3 is 0 Å². The van der Waals surface area contributed by atoms with E-state index in [0.717, 1.165) is 5.56 Å². The van der Waals surface area contributed by atoms with Crippen molar-refractivity contribution in [1.29, 1.82) is 0 Å². The van der Waals surface area contributed by atoms with Gasteiger partial charge in [0.2, 0.25) is 0 Å². The fraction of sp³-hybridized carbons (Fsp3) is 0.250. The van der Waals surface area contributed by atoms with Gasteiger partial charge in [-0.25, -0.2) is 0 Å². The summed E-state index contributed by atoms with van der Waals surface area (Å²) in [7, 11) is 0. The molecule has 0 aliphatic rings. The van der Waals surface area contributed by atoms with Crippen molar-refractivity contribution in [3.8, 4) is 5.75 Å². The van der Waals surface area contributed by atoms with E-state index >= 15 is 0 Å². The van der Waals surface area contributed by atoms with Crippen molar-refractivity contribution in [2.75, 3.05) is 5.88 Å². The number of hydrogen-bond donors (Lipinski definition) is 2. The Balaban J connectivity index is 1.95. The van der Waals surface area contributed by atoms with Gasteiger partial charge in [0.05, 0.1) is 12.0 Å². The maximum Gasteiger partial charge on any atom is 0.119 e. The first-order valence-electron chi connectivity index (χ1n) is 6.39. The predicted molar refractivity (Wildman–Crippen MR) is 78.9 cm³/mol. The molecule has 2 N–H and O–H groups in total. The van der Waals surface area contributed by atoms with Crippen LogP contribution in [0.25, 0.3) is 0 Å². The lowest BCUT2D eigenvalue weighted by molar-refractivity contribution is 0.0327. The highest BCUT2D eigenvalue weighted by molar-refractivity contribution is 6.18. The predicted octanol–water partition coefficient (Wildman–Crippen LogP) is 2.90. The molecule has 2 aromatic carbocycles. The van der Waals surface area contributed by atoms with E-state index in [0.29, 0.717) is 17.9 Å². The molecule has 0 aromatic heterocycles. The topological polar surface area (TPSA) is 49.7 Å². The van der Waals surface area contributed by atoms with Crippen LogP contribution >= 0.6 is 11.6 Å². The molecule has 0 saturated carbocycles. The maximum atomic E-state index is 9.81. The van der Waals surface area contributed by atoms with E-state index < -0.39 is 12.2 Å². The Hall–Kier alpha value is -1.55. The first-order chi connectivity index (χ1) is 9.70. The second-order valence-corrected chi connectivity index (χ2v) is 4.82. The summed E-state index contributed by atoms with van der Waals surface area (Å²) in [6.45, 7) is 0.493. The Labute approximate surface area is 123 Å². The van der Waals surface area contributed by atoms with Crippen molar-refractivity contribution in [3.05, 3.63) is 65.7 Å². The molecule has 4 heteroatoms. The van der Waals surface area contributed by atoms with Gasteiger partial charge in [0.1, 0.15) is 18.5 Å². The van der Waals surface area contributed by atoms with Gasteiger partial charge in [-0.05, 0) is 23.3 Å². The molecule has 2 atom stereocenters. The molecule has 0 bridgehead atoms. The van der Waals surface area contributed by atoms with Crippen molar-refractivity contribution in [2.24, 2.45) is 0 Å². The molecule has 3 nitrogen and oxygen atoms in total. The summed E-state index contributed by atoms with van der Waals surface area (Å²) in [6.07, 6.45) is -1.94. The second-order valence-electron chi connectivity index (χ2n) is 4.51. The Morgan fingerprint density at radius 1 is 0.950 bits per heavy atom. The normalized spacial score (nSPS) is 13.8. The fourth-order valence-electron chi connectivity index (χ4n) is 1.81. The number of benzene rings is 2. The van der Waals surface area contributed by atoms with Crippen LogP contribution in [0.3, 0.4) is 0 Å². The Morgan fingerprint density at radius 3 is 2.20 bits per heavy atom. The van der Waals surface area contributed by atoms with Crippen LogP contribution in [0.1, 0.15) is 17.2 Å². The van der Waals surface area contributed by atoms with Crippen LogP contribution in [0.2, 0.25) is 0 Å². The average molecular weight is 293 g/mol. The molecular weight excluding hydrogens is 276 g/mol. The third kappa shape index (κ3) is 3.97. The van der Waals surface area contributed by atoms with E-state index in [1.54, 1.807) is 24.3 Å². The van der Waals surface area contributed by atoms with Crippen molar-refractivity contribution in [1.82, 2.24) is 0 Å². The van der Waals surface area contributed by atoms with Gasteiger partial charge in [0, 0.05) is 0 Å². The molecule has 2 rings (SSSR count). The third-order valence-electron chi connectivity index (χ3n) is 2.99. The van der Waals surface area contributed by atoms with Crippen LogP contribution in [0.15, 0.2) is 54.6 Å². The zero-order valence-electron chi connectivity index (χ0n) is 10.9. The summed E-state index contributed by atoms with van der Waals surface area (Å²) in [5.74, 6) is 0.707. The molecule has 106 valence electrons. The molecule has 2 aromatic rings. The van der Waals surface area contributed by atoms with Crippen molar-refractivity contribution in [2.45, 2.75) is 18.8 Å². The average Bonchev–Trinajstić information content (AvgIpc) is 2.53. The SMILES string of the molecule is OC(CCl)C(O)c1ccc(OCc2ccccc2)cc1. The zero-order chi connectivity index (χ0) is 14.4. The maximum absolute atomic E-state index is 9.81. The monoisotopic (exact) mass is 292 g/mol. The van der Waals surface area contributed by atoms with Crippen molar-refractivity contribution in [3.63, 3.8) is 0 Å². The molecule has 0 amide bonds. The first kappa shape index (κ1) is 14.9. The highest BCUT2D eigenvalue weighted by Gasteiger charge is 2.16. The van der Waals surface area contributed by atoms with Crippen LogP contribution in [0.5, 0.6) is 5.75 Å². The lowest BCUT2D eigenvalue weighted by atomic mass is 10.1. The number of hydrogen-bond acceptors (Lipinski definition) is 3. The van der Waals surface area contributed by atoms with Crippen LogP contribution in [-0.2, 0) is 6.61 Å². The Morgan fingerprint density at radius 2 is 1.60 bits per heavy atom. The zero-order valence-corrected chi connectivity index (χ0v) is 11.7. The highest BCUT2D eigenvalue weighted by atomic mass is 35.5. The van der Waals surface area contributed by atoms with Gasteiger partial charge in [0.25, 0.3) is 0 Å². The van der Waals surface area contributed by atoms with E-state index in [1.165, 1.54) is 0 Å². The number of aliphatic hydroxyl groups excluding tert-OH is 2. The van der Waals surface area contributed by atoms with Crippen LogP contribution in [0.4, 0.5) is 0 Å². The largest absolute Gasteiger partial charge is 0.489 e. The first-order valence-corrected chi connectivity index (χ1v) is 6.93. The number of alkyl halides is 1. The fourth-order valence-corrected chi connectivity index (χ4v) is 1.98. The lowest BCUT2D eigenvalue weighted by Crippen LogP contribution is -2.19. The molecule has 20 heavy (non-hydrogen) atoms. The van der Waals surface area contributed by atoms with E-state index in [-0.39, 0.29) is 5.88 Å². The summed E-state index contributed by atoms with van der Waals surface area (Å²) in [6, 6.07) is 16.9. The number of ether oxygens (including phenoxy) is 1. The van der Waals surface area contributed by atoms with Crippen LogP contribution in [-0.4, -0.2) is 22.2 Å². The summed E-state index contributed by atoms with van der Waals surface area (Å²) in [5, 5.41) is 19.3. The van der Waals surface area contributed by atoms with Gasteiger partial charge in [-0.15, -0.1) is 11.6 Å². The van der Waals surface area contributed by atoms with Gasteiger partial charge in [-0.2, -0.15) is 0 Å². The minimum atomic E-state index is -0.976. The summed E-state index contributed by atoms with van der Waals surface area (Å²) >= 11 is 5.51. The van der Waals surface area contributed by atoms with E-state index in [2.05, 4.69) is 0 Å². The molecule has 0 aliphatic heterocycles. The van der Waals surface area contributed by atoms with Crippen LogP contribution in [0, 0.1) is 0 Å². The summed E-state index contributed by atoms with van der Waals surface area (Å²) in [5.41, 5.74) is 1.71. The molecule has 2 unspecified atom stereocenters. The van der Waals surface area contributed by atoms with E-state index in [9.17, 15) is 10.2 Å². The van der Waals surface area contributed by atoms with E-state index in [1.807, 2.05) is 30.3 Å². The Kier molecular flexibility index (Phi) is 5.41. The molecule has 0 aliphatic carbocycles. The molecule has 0 heterocycles. The number of halogens is 1. The Bertz CT molecular complexity index is 513. The van der Waals surface area contributed by atoms with Crippen molar-refractivity contribution >= 4 is 11.6 Å². The summed E-state index contributed by atoms with van der Waals surface area (Å²) in [4.78, 5) is 0. The summed E-state index contributed by atoms with van der Waals surface area (Å²) < 4.78 is 5.64. The van der Waals surface area contributed by atoms with Crippen LogP contribution < -0.4 is 4.74 Å². The molecular formula is C16H17ClO3. The third-order valence-corrected chi connectivity index (χ3v) is 3.31. The molecule has 0 spiro atoms. The quantitative estimate of drug-likeness (QED) is 0.805. The minimum Gasteiger partial charge on any atom is -0.489 e. The number of rotatable bonds is 6. The molecule has 0 radical (unpaired) electrons. The highest BCUT2D eigenvalue weighted by Crippen LogP contribution is 2.21. The number of aliphatic hydroxyl groups is 2. The van der Waals surface area contributed by atoms with Gasteiger partial charge < -0.3 is 14.9 Å². The van der Waals surface area contributed by atoms with Gasteiger partial charge in [-0.3, -0.25) is 0 Å². The molecule has 0 saturated heterocycles. The lowest BCUT2D eigenvalue weighted by Gasteiger charge is -2.16. The minimum absolute atomic E-state index is 0.00652. The van der Waals surface area contributed by atoms with Crippen molar-refractivity contribution < 1.29 is 14.9 Å². The van der Waals surface area contributed by atoms with Gasteiger partial charge in [-0.1, -0.05) is 42.5 Å².